The summed E-state index contributed by atoms with van der Waals surface area (Å²) in [6.07, 6.45) is -4.80. The second kappa shape index (κ2) is 8.58. The summed E-state index contributed by atoms with van der Waals surface area (Å²) in [6, 6.07) is 19.7. The average Bonchev–Trinajstić information content (AvgIpc) is 2.69. The second-order valence-corrected chi connectivity index (χ2v) is 7.90. The summed E-state index contributed by atoms with van der Waals surface area (Å²) in [5, 5.41) is 2.86. The Balaban J connectivity index is 1.94. The van der Waals surface area contributed by atoms with E-state index in [-0.39, 0.29) is 10.7 Å². The lowest BCUT2D eigenvalue weighted by atomic mass is 10.2. The Labute approximate surface area is 171 Å². The van der Waals surface area contributed by atoms with Crippen molar-refractivity contribution in [2.24, 2.45) is 4.40 Å². The van der Waals surface area contributed by atoms with Crippen molar-refractivity contribution in [3.05, 3.63) is 90.0 Å². The maximum atomic E-state index is 12.8. The van der Waals surface area contributed by atoms with Gasteiger partial charge in [-0.05, 0) is 43.3 Å². The molecule has 30 heavy (non-hydrogen) atoms. The first-order valence-corrected chi connectivity index (χ1v) is 10.2. The number of halogens is 3. The van der Waals surface area contributed by atoms with Crippen molar-refractivity contribution in [1.82, 2.24) is 0 Å². The molecule has 0 atom stereocenters. The first kappa shape index (κ1) is 21.4. The van der Waals surface area contributed by atoms with Gasteiger partial charge >= 0.3 is 6.36 Å². The molecule has 0 bridgehead atoms. The Morgan fingerprint density at radius 3 is 2.07 bits per heavy atom. The number of benzene rings is 3. The summed E-state index contributed by atoms with van der Waals surface area (Å²) in [4.78, 5) is 0.0252. The third-order valence-corrected chi connectivity index (χ3v) is 5.22. The fourth-order valence-electron chi connectivity index (χ4n) is 2.50. The molecule has 0 aliphatic carbocycles. The summed E-state index contributed by atoms with van der Waals surface area (Å²) in [7, 11) is -4.02. The Morgan fingerprint density at radius 1 is 0.900 bits per heavy atom. The van der Waals surface area contributed by atoms with E-state index in [1.807, 2.05) is 6.92 Å². The van der Waals surface area contributed by atoms with Crippen LogP contribution < -0.4 is 10.1 Å². The monoisotopic (exact) mass is 434 g/mol. The molecule has 3 aromatic carbocycles. The number of hydrogen-bond donors (Lipinski definition) is 1. The van der Waals surface area contributed by atoms with Crippen LogP contribution in [0.3, 0.4) is 0 Å². The molecule has 0 radical (unpaired) electrons. The zero-order valence-corrected chi connectivity index (χ0v) is 16.5. The van der Waals surface area contributed by atoms with Crippen molar-refractivity contribution in [2.75, 3.05) is 5.32 Å². The molecule has 0 fully saturated rings. The Bertz CT molecular complexity index is 1130. The molecule has 3 aromatic rings. The molecule has 156 valence electrons. The molecule has 0 spiro atoms. The van der Waals surface area contributed by atoms with Crippen LogP contribution >= 0.6 is 0 Å². The fraction of sp³-hybridized carbons (Fsp3) is 0.0952. The molecule has 0 aliphatic rings. The van der Waals surface area contributed by atoms with Gasteiger partial charge in [0.2, 0.25) is 0 Å². The number of ether oxygens (including phenoxy) is 1. The highest BCUT2D eigenvalue weighted by Crippen LogP contribution is 2.24. The lowest BCUT2D eigenvalue weighted by molar-refractivity contribution is -0.274. The molecule has 3 rings (SSSR count). The van der Waals surface area contributed by atoms with Crippen molar-refractivity contribution >= 4 is 21.5 Å². The summed E-state index contributed by atoms with van der Waals surface area (Å²) >= 11 is 0. The van der Waals surface area contributed by atoms with E-state index in [0.29, 0.717) is 11.3 Å². The van der Waals surface area contributed by atoms with E-state index in [9.17, 15) is 21.6 Å². The number of sulfonamides is 1. The first-order valence-electron chi connectivity index (χ1n) is 8.72. The summed E-state index contributed by atoms with van der Waals surface area (Å²) in [5.74, 6) is -0.362. The van der Waals surface area contributed by atoms with Crippen LogP contribution in [0.2, 0.25) is 0 Å². The number of hydrogen-bond acceptors (Lipinski definition) is 3. The second-order valence-electron chi connectivity index (χ2n) is 6.29. The standard InChI is InChI=1S/C21H17F3N2O3S/c1-15-7-13-19(14-8-15)30(27,28)26-20(16-5-3-2-4-6-16)25-17-9-11-18(12-10-17)29-21(22,23)24/h2-14H,1H3,(H,25,26). The molecular weight excluding hydrogens is 417 g/mol. The minimum atomic E-state index is -4.80. The Kier molecular flexibility index (Phi) is 6.12. The van der Waals surface area contributed by atoms with E-state index in [2.05, 4.69) is 14.5 Å². The molecule has 0 heterocycles. The summed E-state index contributed by atoms with van der Waals surface area (Å²) < 4.78 is 70.2. The highest BCUT2D eigenvalue weighted by atomic mass is 32.2. The van der Waals surface area contributed by atoms with Crippen LogP contribution in [0.1, 0.15) is 11.1 Å². The van der Waals surface area contributed by atoms with Gasteiger partial charge in [0.1, 0.15) is 5.75 Å². The van der Waals surface area contributed by atoms with Crippen molar-refractivity contribution in [3.8, 4) is 5.75 Å². The van der Waals surface area contributed by atoms with Crippen LogP contribution in [-0.2, 0) is 10.0 Å². The molecule has 0 saturated heterocycles. The van der Waals surface area contributed by atoms with Crippen molar-refractivity contribution in [1.29, 1.82) is 0 Å². The molecule has 0 saturated carbocycles. The number of nitrogens with zero attached hydrogens (tertiary/aromatic N) is 1. The third kappa shape index (κ3) is 5.84. The predicted molar refractivity (Wildman–Crippen MR) is 108 cm³/mol. The van der Waals surface area contributed by atoms with Crippen LogP contribution in [0.5, 0.6) is 5.75 Å². The van der Waals surface area contributed by atoms with Gasteiger partial charge in [-0.2, -0.15) is 8.42 Å². The largest absolute Gasteiger partial charge is 0.573 e. The third-order valence-electron chi connectivity index (χ3n) is 3.93. The van der Waals surface area contributed by atoms with E-state index >= 15 is 0 Å². The molecular formula is C21H17F3N2O3S. The van der Waals surface area contributed by atoms with E-state index in [1.54, 1.807) is 42.5 Å². The zero-order chi connectivity index (χ0) is 21.8. The number of aryl methyl sites for hydroxylation is 1. The highest BCUT2D eigenvalue weighted by Gasteiger charge is 2.31. The van der Waals surface area contributed by atoms with E-state index < -0.39 is 22.1 Å². The average molecular weight is 434 g/mol. The normalized spacial score (nSPS) is 12.5. The quantitative estimate of drug-likeness (QED) is 0.446. The van der Waals surface area contributed by atoms with Crippen LogP contribution in [-0.4, -0.2) is 20.6 Å². The van der Waals surface area contributed by atoms with Crippen LogP contribution in [0.15, 0.2) is 88.2 Å². The van der Waals surface area contributed by atoms with E-state index in [0.717, 1.165) is 17.7 Å². The minimum Gasteiger partial charge on any atom is -0.406 e. The van der Waals surface area contributed by atoms with E-state index in [1.165, 1.54) is 24.3 Å². The molecule has 5 nitrogen and oxygen atoms in total. The minimum absolute atomic E-state index is 0.0252. The first-order chi connectivity index (χ1) is 14.1. The predicted octanol–water partition coefficient (Wildman–Crippen LogP) is 5.14. The molecule has 0 aliphatic heterocycles. The topological polar surface area (TPSA) is 67.8 Å². The van der Waals surface area contributed by atoms with Gasteiger partial charge in [-0.15, -0.1) is 17.6 Å². The molecule has 0 amide bonds. The molecule has 1 N–H and O–H groups in total. The lowest BCUT2D eigenvalue weighted by Gasteiger charge is -2.12. The van der Waals surface area contributed by atoms with Crippen LogP contribution in [0.4, 0.5) is 18.9 Å². The van der Waals surface area contributed by atoms with Gasteiger partial charge in [-0.25, -0.2) is 0 Å². The van der Waals surface area contributed by atoms with Crippen LogP contribution in [0, 0.1) is 6.92 Å². The van der Waals surface area contributed by atoms with Crippen molar-refractivity contribution in [2.45, 2.75) is 18.2 Å². The Morgan fingerprint density at radius 2 is 1.50 bits per heavy atom. The van der Waals surface area contributed by atoms with Crippen molar-refractivity contribution in [3.63, 3.8) is 0 Å². The van der Waals surface area contributed by atoms with E-state index in [4.69, 9.17) is 0 Å². The maximum Gasteiger partial charge on any atom is 0.573 e. The number of anilines is 1. The van der Waals surface area contributed by atoms with Gasteiger partial charge in [-0.3, -0.25) is 0 Å². The number of amidine groups is 1. The van der Waals surface area contributed by atoms with Gasteiger partial charge in [-0.1, -0.05) is 48.0 Å². The van der Waals surface area contributed by atoms with Gasteiger partial charge in [0.25, 0.3) is 10.0 Å². The molecule has 9 heteroatoms. The van der Waals surface area contributed by atoms with Gasteiger partial charge in [0, 0.05) is 11.3 Å². The van der Waals surface area contributed by atoms with Crippen LogP contribution in [0.25, 0.3) is 0 Å². The number of nitrogens with one attached hydrogen (secondary N) is 1. The fourth-order valence-corrected chi connectivity index (χ4v) is 3.48. The maximum absolute atomic E-state index is 12.8. The van der Waals surface area contributed by atoms with Gasteiger partial charge in [0.15, 0.2) is 5.84 Å². The van der Waals surface area contributed by atoms with Gasteiger partial charge in [0.05, 0.1) is 4.90 Å². The number of alkyl halides is 3. The summed E-state index contributed by atoms with van der Waals surface area (Å²) in [5.41, 5.74) is 1.73. The SMILES string of the molecule is Cc1ccc(S(=O)(=O)N=C(Nc2ccc(OC(F)(F)F)cc2)c2ccccc2)cc1. The summed E-state index contributed by atoms with van der Waals surface area (Å²) in [6.45, 7) is 1.84. The Hall–Kier alpha value is -3.33. The zero-order valence-electron chi connectivity index (χ0n) is 15.7. The molecule has 0 aromatic heterocycles. The highest BCUT2D eigenvalue weighted by molar-refractivity contribution is 7.90. The van der Waals surface area contributed by atoms with Gasteiger partial charge < -0.3 is 10.1 Å². The van der Waals surface area contributed by atoms with Crippen molar-refractivity contribution < 1.29 is 26.3 Å². The lowest BCUT2D eigenvalue weighted by Crippen LogP contribution is -2.18. The smallest absolute Gasteiger partial charge is 0.406 e. The number of rotatable bonds is 5. The molecule has 0 unspecified atom stereocenters.